The highest BCUT2D eigenvalue weighted by atomic mass is 16.3. The molecule has 4 unspecified atom stereocenters. The van der Waals surface area contributed by atoms with Crippen LogP contribution in [0.4, 0.5) is 0 Å². The largest absolute Gasteiger partial charge is 0.508 e. The van der Waals surface area contributed by atoms with Crippen LogP contribution in [-0.4, -0.2) is 64.6 Å². The molecule has 0 aliphatic carbocycles. The van der Waals surface area contributed by atoms with Crippen molar-refractivity contribution in [3.63, 3.8) is 0 Å². The second kappa shape index (κ2) is 10.8. The van der Waals surface area contributed by atoms with Crippen LogP contribution in [0.15, 0.2) is 24.3 Å². The van der Waals surface area contributed by atoms with E-state index in [9.17, 15) is 29.4 Å². The maximum Gasteiger partial charge on any atom is 0.245 e. The molecule has 10 heteroatoms. The summed E-state index contributed by atoms with van der Waals surface area (Å²) in [7, 11) is 0. The number of phenols is 1. The number of benzene rings is 1. The van der Waals surface area contributed by atoms with Crippen LogP contribution in [0.2, 0.25) is 0 Å². The fraction of sp³-hybridized carbons (Fsp3) is 0.524. The first-order valence-corrected chi connectivity index (χ1v) is 10.2. The zero-order valence-corrected chi connectivity index (χ0v) is 17.8. The Balaban J connectivity index is 2.30. The molecule has 0 spiro atoms. The molecular formula is C21H30N4O6. The summed E-state index contributed by atoms with van der Waals surface area (Å²) in [6.45, 7) is 4.57. The summed E-state index contributed by atoms with van der Waals surface area (Å²) in [5.41, 5.74) is 0.657. The summed E-state index contributed by atoms with van der Waals surface area (Å²) in [6, 6.07) is 1.89. The van der Waals surface area contributed by atoms with Gasteiger partial charge in [0, 0.05) is 6.42 Å². The topological polar surface area (TPSA) is 157 Å². The van der Waals surface area contributed by atoms with E-state index >= 15 is 0 Å². The van der Waals surface area contributed by atoms with Crippen molar-refractivity contribution in [3.8, 4) is 5.75 Å². The number of hydrogen-bond donors (Lipinski definition) is 6. The van der Waals surface area contributed by atoms with Gasteiger partial charge in [-0.15, -0.1) is 0 Å². The molecular weight excluding hydrogens is 404 g/mol. The van der Waals surface area contributed by atoms with Gasteiger partial charge in [0.25, 0.3) is 0 Å². The minimum absolute atomic E-state index is 0.0558. The monoisotopic (exact) mass is 434 g/mol. The summed E-state index contributed by atoms with van der Waals surface area (Å²) in [5.74, 6) is -2.31. The van der Waals surface area contributed by atoms with Gasteiger partial charge in [0.1, 0.15) is 29.9 Å². The SMILES string of the molecule is CC(C)CC1NC(=O)C(C)NC(=O)C(Cc2ccc(O)cc2)NC(=O)C(CO)NC1=O. The third-order valence-corrected chi connectivity index (χ3v) is 4.92. The average molecular weight is 434 g/mol. The summed E-state index contributed by atoms with van der Waals surface area (Å²) >= 11 is 0. The summed E-state index contributed by atoms with van der Waals surface area (Å²) in [5, 5.41) is 29.2. The first-order valence-electron chi connectivity index (χ1n) is 10.2. The molecule has 0 radical (unpaired) electrons. The number of aliphatic hydroxyl groups excluding tert-OH is 1. The van der Waals surface area contributed by atoms with Crippen molar-refractivity contribution in [1.29, 1.82) is 0 Å². The van der Waals surface area contributed by atoms with Crippen molar-refractivity contribution in [2.45, 2.75) is 57.8 Å². The van der Waals surface area contributed by atoms with Gasteiger partial charge >= 0.3 is 0 Å². The van der Waals surface area contributed by atoms with Gasteiger partial charge < -0.3 is 31.5 Å². The second-order valence-electron chi connectivity index (χ2n) is 8.10. The van der Waals surface area contributed by atoms with Gasteiger partial charge in [-0.2, -0.15) is 0 Å². The maximum atomic E-state index is 12.8. The van der Waals surface area contributed by atoms with E-state index in [1.54, 1.807) is 12.1 Å². The van der Waals surface area contributed by atoms with Crippen molar-refractivity contribution < 1.29 is 29.4 Å². The Kier molecular flexibility index (Phi) is 8.38. The fourth-order valence-electron chi connectivity index (χ4n) is 3.19. The number of carbonyl (C=O) groups is 4. The molecule has 170 valence electrons. The van der Waals surface area contributed by atoms with Gasteiger partial charge in [-0.05, 0) is 37.0 Å². The maximum absolute atomic E-state index is 12.8. The molecule has 0 bridgehead atoms. The van der Waals surface area contributed by atoms with Crippen molar-refractivity contribution >= 4 is 23.6 Å². The summed E-state index contributed by atoms with van der Waals surface area (Å²) < 4.78 is 0. The van der Waals surface area contributed by atoms with E-state index in [4.69, 9.17) is 0 Å². The van der Waals surface area contributed by atoms with E-state index in [1.807, 2.05) is 13.8 Å². The molecule has 1 aliphatic heterocycles. The lowest BCUT2D eigenvalue weighted by Crippen LogP contribution is -2.62. The van der Waals surface area contributed by atoms with Gasteiger partial charge in [-0.3, -0.25) is 19.2 Å². The van der Waals surface area contributed by atoms with Gasteiger partial charge in [-0.1, -0.05) is 26.0 Å². The Morgan fingerprint density at radius 1 is 0.806 bits per heavy atom. The van der Waals surface area contributed by atoms with Crippen LogP contribution in [0, 0.1) is 5.92 Å². The third kappa shape index (κ3) is 6.95. The number of aromatic hydroxyl groups is 1. The number of aliphatic hydroxyl groups is 1. The highest BCUT2D eigenvalue weighted by molar-refractivity contribution is 5.97. The van der Waals surface area contributed by atoms with Crippen LogP contribution < -0.4 is 21.3 Å². The molecule has 1 aliphatic rings. The molecule has 10 nitrogen and oxygen atoms in total. The standard InChI is InChI=1S/C21H30N4O6/c1-11(2)8-15-20(30)25-17(10-26)21(31)24-16(9-13-4-6-14(27)7-5-13)19(29)22-12(3)18(28)23-15/h4-7,11-12,15-17,26-27H,8-10H2,1-3H3,(H,22,29)(H,23,28)(H,24,31)(H,25,30). The van der Waals surface area contributed by atoms with Crippen LogP contribution >= 0.6 is 0 Å². The van der Waals surface area contributed by atoms with Crippen LogP contribution in [0.1, 0.15) is 32.8 Å². The van der Waals surface area contributed by atoms with Gasteiger partial charge in [0.2, 0.25) is 23.6 Å². The van der Waals surface area contributed by atoms with Crippen LogP contribution in [0.3, 0.4) is 0 Å². The van der Waals surface area contributed by atoms with Gasteiger partial charge in [-0.25, -0.2) is 0 Å². The van der Waals surface area contributed by atoms with E-state index in [0.717, 1.165) is 0 Å². The van der Waals surface area contributed by atoms with Crippen LogP contribution in [0.25, 0.3) is 0 Å². The molecule has 1 aromatic rings. The van der Waals surface area contributed by atoms with Gasteiger partial charge in [0.15, 0.2) is 0 Å². The smallest absolute Gasteiger partial charge is 0.245 e. The zero-order valence-electron chi connectivity index (χ0n) is 17.8. The first-order chi connectivity index (χ1) is 14.6. The Hall–Kier alpha value is -3.14. The van der Waals surface area contributed by atoms with Crippen LogP contribution in [-0.2, 0) is 25.6 Å². The lowest BCUT2D eigenvalue weighted by atomic mass is 10.0. The second-order valence-corrected chi connectivity index (χ2v) is 8.10. The number of amides is 4. The molecule has 0 aromatic heterocycles. The Bertz CT molecular complexity index is 811. The number of phenolic OH excluding ortho intramolecular Hbond substituents is 1. The highest BCUT2D eigenvalue weighted by Crippen LogP contribution is 2.12. The lowest BCUT2D eigenvalue weighted by molar-refractivity contribution is -0.137. The summed E-state index contributed by atoms with van der Waals surface area (Å²) in [6.07, 6.45) is 0.399. The molecule has 1 heterocycles. The van der Waals surface area contributed by atoms with E-state index in [0.29, 0.717) is 12.0 Å². The quantitative estimate of drug-likeness (QED) is 0.347. The van der Waals surface area contributed by atoms with Gasteiger partial charge in [0.05, 0.1) is 6.61 Å². The molecule has 1 fully saturated rings. The van der Waals surface area contributed by atoms with Crippen molar-refractivity contribution in [2.75, 3.05) is 6.61 Å². The number of carbonyl (C=O) groups excluding carboxylic acids is 4. The van der Waals surface area contributed by atoms with E-state index in [-0.39, 0.29) is 18.1 Å². The van der Waals surface area contributed by atoms with E-state index in [1.165, 1.54) is 19.1 Å². The summed E-state index contributed by atoms with van der Waals surface area (Å²) in [4.78, 5) is 50.7. The zero-order chi connectivity index (χ0) is 23.1. The predicted octanol–water partition coefficient (Wildman–Crippen LogP) is -1.05. The fourth-order valence-corrected chi connectivity index (χ4v) is 3.19. The minimum Gasteiger partial charge on any atom is -0.508 e. The number of rotatable bonds is 5. The van der Waals surface area contributed by atoms with E-state index in [2.05, 4.69) is 21.3 Å². The number of nitrogens with one attached hydrogen (secondary N) is 4. The van der Waals surface area contributed by atoms with Crippen molar-refractivity contribution in [2.24, 2.45) is 5.92 Å². The predicted molar refractivity (Wildman–Crippen MR) is 112 cm³/mol. The average Bonchev–Trinajstić information content (AvgIpc) is 2.71. The molecule has 1 saturated heterocycles. The Morgan fingerprint density at radius 3 is 1.90 bits per heavy atom. The highest BCUT2D eigenvalue weighted by Gasteiger charge is 2.33. The molecule has 31 heavy (non-hydrogen) atoms. The Labute approximate surface area is 180 Å². The van der Waals surface area contributed by atoms with Crippen molar-refractivity contribution in [3.05, 3.63) is 29.8 Å². The van der Waals surface area contributed by atoms with Crippen molar-refractivity contribution in [1.82, 2.24) is 21.3 Å². The number of hydrogen-bond acceptors (Lipinski definition) is 6. The third-order valence-electron chi connectivity index (χ3n) is 4.92. The normalized spacial score (nSPS) is 25.6. The molecule has 4 amide bonds. The molecule has 1 aromatic carbocycles. The molecule has 6 N–H and O–H groups in total. The minimum atomic E-state index is -1.29. The lowest BCUT2D eigenvalue weighted by Gasteiger charge is -2.28. The van der Waals surface area contributed by atoms with Crippen LogP contribution in [0.5, 0.6) is 5.75 Å². The molecule has 0 saturated carbocycles. The van der Waals surface area contributed by atoms with E-state index < -0.39 is 54.4 Å². The first kappa shape index (κ1) is 24.1. The Morgan fingerprint density at radius 2 is 1.32 bits per heavy atom. The molecule has 2 rings (SSSR count). The molecule has 4 atom stereocenters.